The standard InChI is InChI=1S/C24H46O4.C16H30O4/c1-3-5-7-9-11-13-15-17-19-21-23(25)27-28-24(26)22-20-18-16-14-12-10-8-6-4-2;1-3-5-7-9-11-13-15(17)19-20-16(18)14-12-10-8-6-4-2/h3-22H2,1-2H3;3-14H2,1-2H3. The summed E-state index contributed by atoms with van der Waals surface area (Å²) in [7, 11) is 0. The number of unbranched alkanes of at least 4 members (excludes halogenated alkanes) is 24. The third-order valence-electron chi connectivity index (χ3n) is 8.39. The average molecular weight is 685 g/mol. The van der Waals surface area contributed by atoms with E-state index in [0.29, 0.717) is 25.7 Å². The van der Waals surface area contributed by atoms with E-state index < -0.39 is 23.9 Å². The summed E-state index contributed by atoms with van der Waals surface area (Å²) < 4.78 is 0. The first-order valence-corrected chi connectivity index (χ1v) is 20.2. The number of hydrogen-bond acceptors (Lipinski definition) is 8. The van der Waals surface area contributed by atoms with Crippen LogP contribution in [0, 0.1) is 0 Å². The van der Waals surface area contributed by atoms with Crippen LogP contribution in [0.2, 0.25) is 0 Å². The predicted octanol–water partition coefficient (Wildman–Crippen LogP) is 12.5. The Morgan fingerprint density at radius 2 is 0.396 bits per heavy atom. The number of rotatable bonds is 32. The Morgan fingerprint density at radius 1 is 0.250 bits per heavy atom. The molecule has 8 heteroatoms. The van der Waals surface area contributed by atoms with Gasteiger partial charge >= 0.3 is 23.9 Å². The fourth-order valence-electron chi connectivity index (χ4n) is 5.26. The minimum atomic E-state index is -0.444. The van der Waals surface area contributed by atoms with Gasteiger partial charge in [0.2, 0.25) is 0 Å². The molecule has 0 aromatic heterocycles. The van der Waals surface area contributed by atoms with Gasteiger partial charge < -0.3 is 0 Å². The third-order valence-corrected chi connectivity index (χ3v) is 8.39. The molecule has 0 amide bonds. The van der Waals surface area contributed by atoms with Gasteiger partial charge in [0.05, 0.1) is 25.7 Å². The zero-order valence-corrected chi connectivity index (χ0v) is 31.9. The molecule has 0 radical (unpaired) electrons. The van der Waals surface area contributed by atoms with Crippen LogP contribution in [-0.4, -0.2) is 23.9 Å². The summed E-state index contributed by atoms with van der Waals surface area (Å²) in [6.07, 6.45) is 33.7. The van der Waals surface area contributed by atoms with Crippen LogP contribution in [0.3, 0.4) is 0 Å². The molecule has 8 nitrogen and oxygen atoms in total. The fourth-order valence-corrected chi connectivity index (χ4v) is 5.26. The van der Waals surface area contributed by atoms with Crippen molar-refractivity contribution in [2.45, 2.75) is 233 Å². The van der Waals surface area contributed by atoms with E-state index in [9.17, 15) is 19.2 Å². The summed E-state index contributed by atoms with van der Waals surface area (Å²) in [5.41, 5.74) is 0. The quantitative estimate of drug-likeness (QED) is 0.0391. The van der Waals surface area contributed by atoms with Gasteiger partial charge in [-0.3, -0.25) is 0 Å². The second kappa shape index (κ2) is 41.1. The molecule has 0 saturated carbocycles. The Balaban J connectivity index is 0. The highest BCUT2D eigenvalue weighted by Crippen LogP contribution is 2.13. The Bertz CT molecular complexity index is 664. The first-order chi connectivity index (χ1) is 23.4. The van der Waals surface area contributed by atoms with E-state index in [1.807, 2.05) is 0 Å². The molecule has 0 rings (SSSR count). The van der Waals surface area contributed by atoms with Gasteiger partial charge in [-0.2, -0.15) is 0 Å². The van der Waals surface area contributed by atoms with Gasteiger partial charge in [0, 0.05) is 0 Å². The van der Waals surface area contributed by atoms with Crippen LogP contribution in [0.4, 0.5) is 0 Å². The molecule has 0 atom stereocenters. The van der Waals surface area contributed by atoms with Gasteiger partial charge in [-0.1, -0.05) is 182 Å². The van der Waals surface area contributed by atoms with E-state index in [0.717, 1.165) is 77.0 Å². The number of carbonyl (C=O) groups is 4. The lowest BCUT2D eigenvalue weighted by molar-refractivity contribution is -0.259. The SMILES string of the molecule is CCCCCCCC(=O)OOC(=O)CCCCCCC.CCCCCCCCCCCC(=O)OOC(=O)CCCCCCCCCCC. The van der Waals surface area contributed by atoms with E-state index in [-0.39, 0.29) is 0 Å². The van der Waals surface area contributed by atoms with E-state index in [1.165, 1.54) is 103 Å². The molecule has 0 aliphatic carbocycles. The van der Waals surface area contributed by atoms with Crippen molar-refractivity contribution in [3.8, 4) is 0 Å². The third kappa shape index (κ3) is 41.9. The Hall–Kier alpha value is -2.12. The maximum Gasteiger partial charge on any atom is 0.355 e. The van der Waals surface area contributed by atoms with Crippen molar-refractivity contribution in [3.05, 3.63) is 0 Å². The van der Waals surface area contributed by atoms with Crippen LogP contribution >= 0.6 is 0 Å². The lowest BCUT2D eigenvalue weighted by Crippen LogP contribution is -2.11. The average Bonchev–Trinajstić information content (AvgIpc) is 3.08. The molecule has 284 valence electrons. The van der Waals surface area contributed by atoms with Gasteiger partial charge in [-0.25, -0.2) is 38.7 Å². The van der Waals surface area contributed by atoms with Crippen molar-refractivity contribution in [2.24, 2.45) is 0 Å². The largest absolute Gasteiger partial charge is 0.355 e. The van der Waals surface area contributed by atoms with Crippen LogP contribution in [0.15, 0.2) is 0 Å². The van der Waals surface area contributed by atoms with Crippen molar-refractivity contribution in [1.29, 1.82) is 0 Å². The van der Waals surface area contributed by atoms with Gasteiger partial charge in [0.25, 0.3) is 0 Å². The summed E-state index contributed by atoms with van der Waals surface area (Å²) in [6.45, 7) is 8.76. The molecule has 0 bridgehead atoms. The first kappa shape index (κ1) is 48.0. The molecular formula is C40H76O8. The molecule has 48 heavy (non-hydrogen) atoms. The van der Waals surface area contributed by atoms with Crippen LogP contribution in [0.1, 0.15) is 233 Å². The molecule has 0 aromatic rings. The van der Waals surface area contributed by atoms with E-state index in [4.69, 9.17) is 0 Å². The summed E-state index contributed by atoms with van der Waals surface area (Å²) in [5.74, 6) is -1.74. The van der Waals surface area contributed by atoms with Crippen LogP contribution in [0.5, 0.6) is 0 Å². The second-order valence-electron chi connectivity index (χ2n) is 13.3. The summed E-state index contributed by atoms with van der Waals surface area (Å²) in [4.78, 5) is 64.0. The van der Waals surface area contributed by atoms with Crippen molar-refractivity contribution in [3.63, 3.8) is 0 Å². The minimum Gasteiger partial charge on any atom is -0.247 e. The molecular weight excluding hydrogens is 608 g/mol. The smallest absolute Gasteiger partial charge is 0.247 e. The van der Waals surface area contributed by atoms with Crippen molar-refractivity contribution in [2.75, 3.05) is 0 Å². The highest BCUT2D eigenvalue weighted by Gasteiger charge is 2.10. The zero-order chi connectivity index (χ0) is 35.8. The topological polar surface area (TPSA) is 105 Å². The molecule has 0 unspecified atom stereocenters. The zero-order valence-electron chi connectivity index (χ0n) is 31.9. The molecule has 0 aromatic carbocycles. The van der Waals surface area contributed by atoms with Gasteiger partial charge in [-0.05, 0) is 25.7 Å². The predicted molar refractivity (Wildman–Crippen MR) is 195 cm³/mol. The summed E-state index contributed by atoms with van der Waals surface area (Å²) >= 11 is 0. The number of hydrogen-bond donors (Lipinski definition) is 0. The lowest BCUT2D eigenvalue weighted by Gasteiger charge is -2.04. The first-order valence-electron chi connectivity index (χ1n) is 20.2. The Labute approximate surface area is 295 Å². The van der Waals surface area contributed by atoms with E-state index >= 15 is 0 Å². The van der Waals surface area contributed by atoms with Gasteiger partial charge in [0.15, 0.2) is 0 Å². The van der Waals surface area contributed by atoms with E-state index in [1.54, 1.807) is 0 Å². The summed E-state index contributed by atoms with van der Waals surface area (Å²) in [6, 6.07) is 0. The fraction of sp³-hybridized carbons (Fsp3) is 0.900. The van der Waals surface area contributed by atoms with Crippen molar-refractivity contribution < 1.29 is 38.7 Å². The van der Waals surface area contributed by atoms with Crippen molar-refractivity contribution in [1.82, 2.24) is 0 Å². The lowest BCUT2D eigenvalue weighted by atomic mass is 10.1. The molecule has 0 fully saturated rings. The molecule has 0 heterocycles. The van der Waals surface area contributed by atoms with Crippen LogP contribution < -0.4 is 0 Å². The molecule has 0 aliphatic rings. The minimum absolute atomic E-state index is 0.327. The maximum atomic E-state index is 11.6. The highest BCUT2D eigenvalue weighted by molar-refractivity contribution is 5.73. The van der Waals surface area contributed by atoms with Crippen LogP contribution in [-0.2, 0) is 38.7 Å². The molecule has 0 saturated heterocycles. The monoisotopic (exact) mass is 685 g/mol. The Morgan fingerprint density at radius 3 is 0.562 bits per heavy atom. The summed E-state index contributed by atoms with van der Waals surface area (Å²) in [5, 5.41) is 0. The molecule has 0 N–H and O–H groups in total. The number of carbonyl (C=O) groups excluding carboxylic acids is 4. The van der Waals surface area contributed by atoms with Crippen molar-refractivity contribution >= 4 is 23.9 Å². The second-order valence-corrected chi connectivity index (χ2v) is 13.3. The molecule has 0 aliphatic heterocycles. The van der Waals surface area contributed by atoms with Gasteiger partial charge in [-0.15, -0.1) is 0 Å². The van der Waals surface area contributed by atoms with E-state index in [2.05, 4.69) is 47.2 Å². The Kier molecular flexibility index (Phi) is 41.0. The van der Waals surface area contributed by atoms with Crippen LogP contribution in [0.25, 0.3) is 0 Å². The molecule has 0 spiro atoms. The van der Waals surface area contributed by atoms with Gasteiger partial charge in [0.1, 0.15) is 0 Å². The highest BCUT2D eigenvalue weighted by atomic mass is 17.2. The normalized spacial score (nSPS) is 10.6. The maximum absolute atomic E-state index is 11.6.